The number of pyridine rings is 2. The van der Waals surface area contributed by atoms with Gasteiger partial charge in [-0.2, -0.15) is 0 Å². The smallest absolute Gasteiger partial charge is 0.212 e. The van der Waals surface area contributed by atoms with Crippen molar-refractivity contribution in [2.45, 2.75) is 6.92 Å². The van der Waals surface area contributed by atoms with Crippen LogP contribution in [0.15, 0.2) is 55.0 Å². The number of aryl methyl sites for hydroxylation is 1. The quantitative estimate of drug-likeness (QED) is 0.654. The van der Waals surface area contributed by atoms with Crippen LogP contribution in [0.3, 0.4) is 0 Å². The minimum absolute atomic E-state index is 0.0464. The molecule has 2 heterocycles. The minimum Gasteiger partial charge on any atom is -0.287 e. The Morgan fingerprint density at radius 3 is 2.79 bits per heavy atom. The molecule has 0 unspecified atom stereocenters. The highest BCUT2D eigenvalue weighted by molar-refractivity contribution is 6.15. The van der Waals surface area contributed by atoms with Gasteiger partial charge in [0.1, 0.15) is 5.69 Å². The van der Waals surface area contributed by atoms with Gasteiger partial charge >= 0.3 is 0 Å². The molecule has 2 aromatic heterocycles. The van der Waals surface area contributed by atoms with E-state index in [1.54, 1.807) is 18.6 Å². The number of fused-ring (bicyclic) bond motifs is 1. The van der Waals surface area contributed by atoms with Crippen LogP contribution in [0.2, 0.25) is 0 Å². The van der Waals surface area contributed by atoms with Crippen molar-refractivity contribution in [2.75, 3.05) is 0 Å². The summed E-state index contributed by atoms with van der Waals surface area (Å²) < 4.78 is 0. The number of rotatable bonds is 2. The Hall–Kier alpha value is -2.55. The Balaban J connectivity index is 2.20. The molecule has 3 nitrogen and oxygen atoms in total. The molecule has 3 aromatic rings. The van der Waals surface area contributed by atoms with Crippen LogP contribution in [-0.2, 0) is 0 Å². The van der Waals surface area contributed by atoms with Crippen molar-refractivity contribution in [2.24, 2.45) is 0 Å². The van der Waals surface area contributed by atoms with E-state index in [-0.39, 0.29) is 5.78 Å². The molecule has 0 saturated heterocycles. The standard InChI is InChI=1S/C16H12N2O/c1-11-4-3-8-18-15(11)16(19)14-6-2-5-12-10-17-9-7-13(12)14/h2-10H,1H3. The van der Waals surface area contributed by atoms with Crippen molar-refractivity contribution in [1.82, 2.24) is 9.97 Å². The predicted octanol–water partition coefficient (Wildman–Crippen LogP) is 3.17. The number of hydrogen-bond donors (Lipinski definition) is 0. The summed E-state index contributed by atoms with van der Waals surface area (Å²) in [5, 5.41) is 1.87. The van der Waals surface area contributed by atoms with Crippen LogP contribution >= 0.6 is 0 Å². The summed E-state index contributed by atoms with van der Waals surface area (Å²) in [4.78, 5) is 20.9. The Kier molecular flexibility index (Phi) is 2.80. The van der Waals surface area contributed by atoms with Crippen LogP contribution in [0.5, 0.6) is 0 Å². The molecule has 0 bridgehead atoms. The Labute approximate surface area is 111 Å². The van der Waals surface area contributed by atoms with E-state index in [0.717, 1.165) is 16.3 Å². The fourth-order valence-corrected chi connectivity index (χ4v) is 2.17. The lowest BCUT2D eigenvalue weighted by atomic mass is 9.99. The van der Waals surface area contributed by atoms with E-state index in [1.807, 2.05) is 43.3 Å². The lowest BCUT2D eigenvalue weighted by Crippen LogP contribution is -2.06. The zero-order valence-corrected chi connectivity index (χ0v) is 10.5. The zero-order valence-electron chi connectivity index (χ0n) is 10.5. The maximum absolute atomic E-state index is 12.6. The van der Waals surface area contributed by atoms with E-state index in [9.17, 15) is 4.79 Å². The van der Waals surface area contributed by atoms with Gasteiger partial charge in [0, 0.05) is 29.5 Å². The maximum Gasteiger partial charge on any atom is 0.212 e. The molecule has 0 amide bonds. The SMILES string of the molecule is Cc1cccnc1C(=O)c1cccc2cnccc12. The number of nitrogens with zero attached hydrogens (tertiary/aromatic N) is 2. The van der Waals surface area contributed by atoms with Crippen LogP contribution in [0.25, 0.3) is 10.8 Å². The molecular formula is C16H12N2O. The third kappa shape index (κ3) is 1.99. The number of carbonyl (C=O) groups excluding carboxylic acids is 1. The second-order valence-electron chi connectivity index (χ2n) is 4.40. The molecule has 0 aliphatic carbocycles. The van der Waals surface area contributed by atoms with Gasteiger partial charge in [-0.05, 0) is 30.0 Å². The molecule has 1 aromatic carbocycles. The first kappa shape index (κ1) is 11.5. The van der Waals surface area contributed by atoms with Crippen molar-refractivity contribution in [3.05, 3.63) is 71.8 Å². The normalized spacial score (nSPS) is 10.6. The monoisotopic (exact) mass is 248 g/mol. The van der Waals surface area contributed by atoms with Gasteiger partial charge in [0.25, 0.3) is 0 Å². The van der Waals surface area contributed by atoms with Crippen molar-refractivity contribution < 1.29 is 4.79 Å². The molecule has 0 fully saturated rings. The van der Waals surface area contributed by atoms with E-state index in [2.05, 4.69) is 9.97 Å². The second-order valence-corrected chi connectivity index (χ2v) is 4.40. The lowest BCUT2D eigenvalue weighted by Gasteiger charge is -2.06. The molecule has 0 saturated carbocycles. The number of carbonyl (C=O) groups is 1. The van der Waals surface area contributed by atoms with E-state index in [4.69, 9.17) is 0 Å². The van der Waals surface area contributed by atoms with Crippen LogP contribution in [0.1, 0.15) is 21.6 Å². The van der Waals surface area contributed by atoms with Crippen LogP contribution in [0.4, 0.5) is 0 Å². The van der Waals surface area contributed by atoms with Crippen LogP contribution in [0, 0.1) is 6.92 Å². The summed E-state index contributed by atoms with van der Waals surface area (Å²) >= 11 is 0. The minimum atomic E-state index is -0.0464. The first-order chi connectivity index (χ1) is 9.27. The van der Waals surface area contributed by atoms with E-state index < -0.39 is 0 Å². The van der Waals surface area contributed by atoms with Gasteiger partial charge in [0.05, 0.1) is 0 Å². The zero-order chi connectivity index (χ0) is 13.2. The average Bonchev–Trinajstić information content (AvgIpc) is 2.46. The second kappa shape index (κ2) is 4.61. The first-order valence-corrected chi connectivity index (χ1v) is 6.06. The molecule has 0 radical (unpaired) electrons. The largest absolute Gasteiger partial charge is 0.287 e. The van der Waals surface area contributed by atoms with Crippen molar-refractivity contribution in [3.8, 4) is 0 Å². The summed E-state index contributed by atoms with van der Waals surface area (Å²) in [6.45, 7) is 1.90. The molecule has 3 heteroatoms. The molecule has 0 atom stereocenters. The van der Waals surface area contributed by atoms with Gasteiger partial charge in [-0.3, -0.25) is 14.8 Å². The number of aromatic nitrogens is 2. The molecular weight excluding hydrogens is 236 g/mol. The lowest BCUT2D eigenvalue weighted by molar-refractivity contribution is 0.103. The summed E-state index contributed by atoms with van der Waals surface area (Å²) in [6.07, 6.45) is 5.11. The summed E-state index contributed by atoms with van der Waals surface area (Å²) in [6, 6.07) is 11.2. The molecule has 0 aliphatic rings. The summed E-state index contributed by atoms with van der Waals surface area (Å²) in [7, 11) is 0. The van der Waals surface area contributed by atoms with E-state index in [0.29, 0.717) is 11.3 Å². The maximum atomic E-state index is 12.6. The fourth-order valence-electron chi connectivity index (χ4n) is 2.17. The van der Waals surface area contributed by atoms with Crippen LogP contribution in [-0.4, -0.2) is 15.8 Å². The third-order valence-corrected chi connectivity index (χ3v) is 3.15. The predicted molar refractivity (Wildman–Crippen MR) is 74.1 cm³/mol. The molecule has 3 rings (SSSR count). The highest BCUT2D eigenvalue weighted by Gasteiger charge is 2.15. The number of ketones is 1. The Morgan fingerprint density at radius 1 is 1.05 bits per heavy atom. The Morgan fingerprint density at radius 2 is 1.95 bits per heavy atom. The van der Waals surface area contributed by atoms with E-state index in [1.165, 1.54) is 0 Å². The molecule has 0 spiro atoms. The van der Waals surface area contributed by atoms with Gasteiger partial charge in [-0.25, -0.2) is 0 Å². The van der Waals surface area contributed by atoms with Gasteiger partial charge < -0.3 is 0 Å². The topological polar surface area (TPSA) is 42.9 Å². The highest BCUT2D eigenvalue weighted by Crippen LogP contribution is 2.20. The van der Waals surface area contributed by atoms with Gasteiger partial charge in [0.15, 0.2) is 0 Å². The fraction of sp³-hybridized carbons (Fsp3) is 0.0625. The summed E-state index contributed by atoms with van der Waals surface area (Å²) in [5.74, 6) is -0.0464. The van der Waals surface area contributed by atoms with E-state index >= 15 is 0 Å². The number of hydrogen-bond acceptors (Lipinski definition) is 3. The van der Waals surface area contributed by atoms with Gasteiger partial charge in [0.2, 0.25) is 5.78 Å². The molecule has 19 heavy (non-hydrogen) atoms. The first-order valence-electron chi connectivity index (χ1n) is 6.06. The van der Waals surface area contributed by atoms with Crippen molar-refractivity contribution in [3.63, 3.8) is 0 Å². The average molecular weight is 248 g/mol. The molecule has 0 N–H and O–H groups in total. The van der Waals surface area contributed by atoms with Crippen molar-refractivity contribution in [1.29, 1.82) is 0 Å². The highest BCUT2D eigenvalue weighted by atomic mass is 16.1. The van der Waals surface area contributed by atoms with Gasteiger partial charge in [-0.15, -0.1) is 0 Å². The third-order valence-electron chi connectivity index (χ3n) is 3.15. The van der Waals surface area contributed by atoms with Crippen molar-refractivity contribution >= 4 is 16.6 Å². The molecule has 0 aliphatic heterocycles. The van der Waals surface area contributed by atoms with Crippen LogP contribution < -0.4 is 0 Å². The Bertz CT molecular complexity index is 760. The number of benzene rings is 1. The summed E-state index contributed by atoms with van der Waals surface area (Å²) in [5.41, 5.74) is 2.06. The van der Waals surface area contributed by atoms with Gasteiger partial charge in [-0.1, -0.05) is 24.3 Å². The molecule has 92 valence electrons.